The van der Waals surface area contributed by atoms with Crippen LogP contribution in [0.15, 0.2) is 70.6 Å². The fraction of sp³-hybridized carbons (Fsp3) is 0.250. The molecular formula is C28H30N4O4S. The monoisotopic (exact) mass is 518 g/mol. The number of aryl methyl sites for hydroxylation is 1. The summed E-state index contributed by atoms with van der Waals surface area (Å²) in [6.07, 6.45) is 3.43. The summed E-state index contributed by atoms with van der Waals surface area (Å²) in [6, 6.07) is 16.0. The molecule has 9 heteroatoms. The maximum atomic E-state index is 13.8. The standard InChI is InChI=1S/C28H30N4O4S/c1-4-5-11-22-24(28(34)32(3)17-19-12-13-23-20(16-19)9-7-14-30-23)31-25(27(29)33)26(22)37(35,36)21-10-6-8-18(2)15-21/h6-10,12-16,31H,4-5,11,17H2,1-3H3,(H2,29,33). The summed E-state index contributed by atoms with van der Waals surface area (Å²) in [6.45, 7) is 4.04. The molecule has 2 heterocycles. The molecule has 0 saturated heterocycles. The molecule has 37 heavy (non-hydrogen) atoms. The minimum Gasteiger partial charge on any atom is -0.364 e. The van der Waals surface area contributed by atoms with Gasteiger partial charge in [0, 0.05) is 30.7 Å². The van der Waals surface area contributed by atoms with E-state index in [0.717, 1.165) is 28.5 Å². The Hall–Kier alpha value is -3.98. The lowest BCUT2D eigenvalue weighted by Crippen LogP contribution is -2.27. The van der Waals surface area contributed by atoms with Crippen LogP contribution >= 0.6 is 0 Å². The number of rotatable bonds is 9. The quantitative estimate of drug-likeness (QED) is 0.339. The van der Waals surface area contributed by atoms with Gasteiger partial charge in [-0.05, 0) is 61.2 Å². The number of nitrogens with zero attached hydrogens (tertiary/aromatic N) is 2. The molecule has 0 fully saturated rings. The average Bonchev–Trinajstić information content (AvgIpc) is 3.27. The van der Waals surface area contributed by atoms with Crippen molar-refractivity contribution >= 4 is 32.6 Å². The number of carbonyl (C=O) groups is 2. The van der Waals surface area contributed by atoms with E-state index in [1.807, 2.05) is 37.3 Å². The van der Waals surface area contributed by atoms with Crippen LogP contribution in [0.5, 0.6) is 0 Å². The Balaban J connectivity index is 1.78. The maximum absolute atomic E-state index is 13.8. The van der Waals surface area contributed by atoms with Crippen LogP contribution in [0.3, 0.4) is 0 Å². The van der Waals surface area contributed by atoms with Gasteiger partial charge in [-0.25, -0.2) is 8.42 Å². The van der Waals surface area contributed by atoms with Gasteiger partial charge in [0.25, 0.3) is 11.8 Å². The van der Waals surface area contributed by atoms with Crippen LogP contribution in [0.25, 0.3) is 10.9 Å². The Labute approximate surface area is 216 Å². The summed E-state index contributed by atoms with van der Waals surface area (Å²) in [5.41, 5.74) is 8.20. The molecule has 2 aromatic carbocycles. The molecular weight excluding hydrogens is 488 g/mol. The Morgan fingerprint density at radius 1 is 1.05 bits per heavy atom. The molecule has 0 spiro atoms. The highest BCUT2D eigenvalue weighted by atomic mass is 32.2. The average molecular weight is 519 g/mol. The second-order valence-corrected chi connectivity index (χ2v) is 11.0. The molecule has 2 aromatic heterocycles. The highest BCUT2D eigenvalue weighted by Gasteiger charge is 2.34. The first-order valence-corrected chi connectivity index (χ1v) is 13.6. The normalized spacial score (nSPS) is 11.5. The first kappa shape index (κ1) is 26.1. The van der Waals surface area contributed by atoms with Gasteiger partial charge in [0.2, 0.25) is 9.84 Å². The Bertz CT molecular complexity index is 1590. The number of carbonyl (C=O) groups excluding carboxylic acids is 2. The summed E-state index contributed by atoms with van der Waals surface area (Å²) < 4.78 is 27.5. The molecule has 3 N–H and O–H groups in total. The molecule has 0 bridgehead atoms. The lowest BCUT2D eigenvalue weighted by molar-refractivity contribution is 0.0778. The molecule has 0 aliphatic rings. The van der Waals surface area contributed by atoms with E-state index in [1.165, 1.54) is 11.0 Å². The first-order chi connectivity index (χ1) is 17.6. The minimum atomic E-state index is -4.13. The summed E-state index contributed by atoms with van der Waals surface area (Å²) >= 11 is 0. The zero-order valence-corrected chi connectivity index (χ0v) is 21.9. The van der Waals surface area contributed by atoms with Crippen LogP contribution in [-0.4, -0.2) is 42.1 Å². The van der Waals surface area contributed by atoms with Gasteiger partial charge in [-0.2, -0.15) is 0 Å². The molecule has 0 aliphatic heterocycles. The minimum absolute atomic E-state index is 0.0453. The summed E-state index contributed by atoms with van der Waals surface area (Å²) in [5, 5.41) is 0.951. The molecule has 192 valence electrons. The molecule has 8 nitrogen and oxygen atoms in total. The molecule has 0 atom stereocenters. The van der Waals surface area contributed by atoms with E-state index in [-0.39, 0.29) is 33.3 Å². The van der Waals surface area contributed by atoms with Gasteiger partial charge in [-0.1, -0.05) is 37.6 Å². The van der Waals surface area contributed by atoms with E-state index in [2.05, 4.69) is 9.97 Å². The molecule has 0 unspecified atom stereocenters. The van der Waals surface area contributed by atoms with Crippen LogP contribution in [0.2, 0.25) is 0 Å². The predicted octanol–water partition coefficient (Wildman–Crippen LogP) is 4.42. The number of hydrogen-bond donors (Lipinski definition) is 2. The fourth-order valence-electron chi connectivity index (χ4n) is 4.43. The van der Waals surface area contributed by atoms with Gasteiger partial charge >= 0.3 is 0 Å². The highest BCUT2D eigenvalue weighted by Crippen LogP contribution is 2.32. The zero-order valence-electron chi connectivity index (χ0n) is 21.1. The third-order valence-electron chi connectivity index (χ3n) is 6.30. The SMILES string of the molecule is CCCCc1c(C(=O)N(C)Cc2ccc3ncccc3c2)[nH]c(C(N)=O)c1S(=O)(=O)c1cccc(C)c1. The predicted molar refractivity (Wildman–Crippen MR) is 142 cm³/mol. The topological polar surface area (TPSA) is 126 Å². The number of primary amides is 1. The van der Waals surface area contributed by atoms with E-state index in [0.29, 0.717) is 12.8 Å². The molecule has 2 amide bonds. The fourth-order valence-corrected chi connectivity index (χ4v) is 6.21. The number of amides is 2. The van der Waals surface area contributed by atoms with Crippen molar-refractivity contribution in [2.75, 3.05) is 7.05 Å². The number of fused-ring (bicyclic) bond motifs is 1. The van der Waals surface area contributed by atoms with Crippen LogP contribution in [0.4, 0.5) is 0 Å². The number of hydrogen-bond acceptors (Lipinski definition) is 5. The van der Waals surface area contributed by atoms with E-state index in [4.69, 9.17) is 5.73 Å². The van der Waals surface area contributed by atoms with E-state index >= 15 is 0 Å². The number of pyridine rings is 1. The number of sulfone groups is 1. The third-order valence-corrected chi connectivity index (χ3v) is 8.16. The number of aromatic amines is 1. The summed E-state index contributed by atoms with van der Waals surface area (Å²) in [5.74, 6) is -1.36. The van der Waals surface area contributed by atoms with Crippen molar-refractivity contribution < 1.29 is 18.0 Å². The second kappa shape index (κ2) is 10.6. The van der Waals surface area contributed by atoms with Crippen molar-refractivity contribution in [3.63, 3.8) is 0 Å². The van der Waals surface area contributed by atoms with Crippen molar-refractivity contribution in [3.05, 3.63) is 88.9 Å². The Morgan fingerprint density at radius 2 is 1.84 bits per heavy atom. The highest BCUT2D eigenvalue weighted by molar-refractivity contribution is 7.91. The molecule has 0 radical (unpaired) electrons. The Kier molecular flexibility index (Phi) is 7.45. The summed E-state index contributed by atoms with van der Waals surface area (Å²) in [4.78, 5) is 34.5. The number of H-pyrrole nitrogens is 1. The molecule has 4 aromatic rings. The number of aromatic nitrogens is 2. The van der Waals surface area contributed by atoms with Crippen LogP contribution < -0.4 is 5.73 Å². The number of nitrogens with one attached hydrogen (secondary N) is 1. The van der Waals surface area contributed by atoms with Crippen molar-refractivity contribution in [1.29, 1.82) is 0 Å². The lowest BCUT2D eigenvalue weighted by Gasteiger charge is -2.18. The van der Waals surface area contributed by atoms with Crippen molar-refractivity contribution in [1.82, 2.24) is 14.9 Å². The maximum Gasteiger partial charge on any atom is 0.270 e. The molecule has 0 saturated carbocycles. The lowest BCUT2D eigenvalue weighted by atomic mass is 10.1. The van der Waals surface area contributed by atoms with Gasteiger partial charge in [-0.15, -0.1) is 0 Å². The van der Waals surface area contributed by atoms with Gasteiger partial charge in [-0.3, -0.25) is 14.6 Å². The van der Waals surface area contributed by atoms with E-state index in [1.54, 1.807) is 38.4 Å². The number of unbranched alkanes of at least 4 members (excludes halogenated alkanes) is 1. The van der Waals surface area contributed by atoms with Crippen molar-refractivity contribution in [2.24, 2.45) is 5.73 Å². The molecule has 4 rings (SSSR count). The largest absolute Gasteiger partial charge is 0.364 e. The van der Waals surface area contributed by atoms with Gasteiger partial charge in [0.05, 0.1) is 10.4 Å². The third kappa shape index (κ3) is 5.27. The first-order valence-electron chi connectivity index (χ1n) is 12.1. The molecule has 0 aliphatic carbocycles. The van der Waals surface area contributed by atoms with E-state index < -0.39 is 21.7 Å². The zero-order chi connectivity index (χ0) is 26.7. The Morgan fingerprint density at radius 3 is 2.54 bits per heavy atom. The van der Waals surface area contributed by atoms with Gasteiger partial charge in [0.1, 0.15) is 16.3 Å². The second-order valence-electron chi connectivity index (χ2n) is 9.16. The van der Waals surface area contributed by atoms with E-state index in [9.17, 15) is 18.0 Å². The summed E-state index contributed by atoms with van der Waals surface area (Å²) in [7, 11) is -2.49. The van der Waals surface area contributed by atoms with Crippen molar-refractivity contribution in [2.45, 2.75) is 49.4 Å². The van der Waals surface area contributed by atoms with Gasteiger partial charge in [0.15, 0.2) is 0 Å². The van der Waals surface area contributed by atoms with Gasteiger partial charge < -0.3 is 15.6 Å². The van der Waals surface area contributed by atoms with Crippen molar-refractivity contribution in [3.8, 4) is 0 Å². The number of nitrogens with two attached hydrogens (primary N) is 1. The van der Waals surface area contributed by atoms with Crippen LogP contribution in [-0.2, 0) is 22.8 Å². The number of benzene rings is 2. The van der Waals surface area contributed by atoms with Crippen LogP contribution in [0.1, 0.15) is 57.4 Å². The smallest absolute Gasteiger partial charge is 0.270 e. The van der Waals surface area contributed by atoms with Crippen LogP contribution in [0, 0.1) is 6.92 Å².